The van der Waals surface area contributed by atoms with Gasteiger partial charge in [-0.2, -0.15) is 0 Å². The lowest BCUT2D eigenvalue weighted by atomic mass is 10.0. The largest absolute Gasteiger partial charge is 0.496 e. The second kappa shape index (κ2) is 6.16. The van der Waals surface area contributed by atoms with Crippen LogP contribution in [0.2, 0.25) is 10.0 Å². The average Bonchev–Trinajstić information content (AvgIpc) is 2.45. The molecule has 0 bridgehead atoms. The fourth-order valence-corrected chi connectivity index (χ4v) is 2.42. The fraction of sp³-hybridized carbons (Fsp3) is 0.133. The first-order valence-corrected chi connectivity index (χ1v) is 6.55. The van der Waals surface area contributed by atoms with E-state index in [9.17, 15) is 4.79 Å². The number of hydrogen-bond acceptors (Lipinski definition) is 3. The van der Waals surface area contributed by atoms with E-state index in [0.29, 0.717) is 21.5 Å². The van der Waals surface area contributed by atoms with Crippen LogP contribution in [-0.2, 0) is 0 Å². The maximum absolute atomic E-state index is 12.7. The van der Waals surface area contributed by atoms with Gasteiger partial charge in [-0.1, -0.05) is 35.3 Å². The zero-order valence-corrected chi connectivity index (χ0v) is 12.5. The van der Waals surface area contributed by atoms with E-state index in [1.54, 1.807) is 36.4 Å². The van der Waals surface area contributed by atoms with E-state index in [0.717, 1.165) is 0 Å². The van der Waals surface area contributed by atoms with Crippen LogP contribution in [-0.4, -0.2) is 20.0 Å². The second-order valence-corrected chi connectivity index (χ2v) is 4.78. The number of methoxy groups -OCH3 is 2. The molecule has 3 nitrogen and oxygen atoms in total. The SMILES string of the molecule is COc1cccc(Cl)c1C(=O)c1c(Cl)cccc1OC. The molecule has 0 spiro atoms. The summed E-state index contributed by atoms with van der Waals surface area (Å²) in [5, 5.41) is 0.604. The van der Waals surface area contributed by atoms with Gasteiger partial charge in [-0.25, -0.2) is 0 Å². The van der Waals surface area contributed by atoms with Gasteiger partial charge >= 0.3 is 0 Å². The highest BCUT2D eigenvalue weighted by Gasteiger charge is 2.23. The number of carbonyl (C=O) groups is 1. The van der Waals surface area contributed by atoms with Crippen LogP contribution < -0.4 is 9.47 Å². The van der Waals surface area contributed by atoms with Crippen LogP contribution in [0.15, 0.2) is 36.4 Å². The molecule has 0 atom stereocenters. The van der Waals surface area contributed by atoms with Crippen molar-refractivity contribution in [2.45, 2.75) is 0 Å². The third-order valence-electron chi connectivity index (χ3n) is 2.84. The van der Waals surface area contributed by atoms with Crippen LogP contribution in [0.1, 0.15) is 15.9 Å². The molecule has 0 amide bonds. The van der Waals surface area contributed by atoms with E-state index in [-0.39, 0.29) is 16.9 Å². The van der Waals surface area contributed by atoms with Crippen LogP contribution in [0.3, 0.4) is 0 Å². The molecule has 0 aliphatic heterocycles. The molecule has 0 unspecified atom stereocenters. The monoisotopic (exact) mass is 310 g/mol. The molecule has 20 heavy (non-hydrogen) atoms. The number of benzene rings is 2. The molecule has 0 saturated heterocycles. The maximum Gasteiger partial charge on any atom is 0.203 e. The molecule has 5 heteroatoms. The molecule has 0 N–H and O–H groups in total. The number of hydrogen-bond donors (Lipinski definition) is 0. The molecule has 0 aliphatic carbocycles. The Bertz CT molecular complexity index is 598. The summed E-state index contributed by atoms with van der Waals surface area (Å²) in [6, 6.07) is 10.0. The van der Waals surface area contributed by atoms with Gasteiger partial charge in [0.15, 0.2) is 0 Å². The molecule has 104 valence electrons. The Kier molecular flexibility index (Phi) is 4.53. The van der Waals surface area contributed by atoms with Crippen molar-refractivity contribution in [3.63, 3.8) is 0 Å². The maximum atomic E-state index is 12.7. The van der Waals surface area contributed by atoms with Gasteiger partial charge in [0.05, 0.1) is 35.4 Å². The van der Waals surface area contributed by atoms with Gasteiger partial charge in [0.2, 0.25) is 5.78 Å². The predicted octanol–water partition coefficient (Wildman–Crippen LogP) is 4.24. The van der Waals surface area contributed by atoms with Gasteiger partial charge in [-0.05, 0) is 24.3 Å². The smallest absolute Gasteiger partial charge is 0.203 e. The number of rotatable bonds is 4. The quantitative estimate of drug-likeness (QED) is 0.792. The zero-order valence-electron chi connectivity index (χ0n) is 10.9. The van der Waals surface area contributed by atoms with Gasteiger partial charge < -0.3 is 9.47 Å². The summed E-state index contributed by atoms with van der Waals surface area (Å²) in [6.07, 6.45) is 0. The summed E-state index contributed by atoms with van der Waals surface area (Å²) in [5.74, 6) is 0.448. The van der Waals surface area contributed by atoms with Gasteiger partial charge in [0, 0.05) is 0 Å². The predicted molar refractivity (Wildman–Crippen MR) is 79.4 cm³/mol. The Balaban J connectivity index is 2.64. The Morgan fingerprint density at radius 2 is 1.25 bits per heavy atom. The van der Waals surface area contributed by atoms with Crippen LogP contribution >= 0.6 is 23.2 Å². The zero-order chi connectivity index (χ0) is 14.7. The second-order valence-electron chi connectivity index (χ2n) is 3.96. The minimum absolute atomic E-state index is 0.267. The van der Waals surface area contributed by atoms with E-state index in [1.165, 1.54) is 14.2 Å². The first kappa shape index (κ1) is 14.7. The highest BCUT2D eigenvalue weighted by atomic mass is 35.5. The number of carbonyl (C=O) groups excluding carboxylic acids is 1. The fourth-order valence-electron chi connectivity index (χ4n) is 1.91. The van der Waals surface area contributed by atoms with Crippen molar-refractivity contribution < 1.29 is 14.3 Å². The van der Waals surface area contributed by atoms with Gasteiger partial charge in [-0.15, -0.1) is 0 Å². The van der Waals surface area contributed by atoms with E-state index in [2.05, 4.69) is 0 Å². The molecule has 2 aromatic carbocycles. The lowest BCUT2D eigenvalue weighted by molar-refractivity contribution is 0.103. The topological polar surface area (TPSA) is 35.5 Å². The molecule has 0 aliphatic rings. The van der Waals surface area contributed by atoms with Crippen molar-refractivity contribution in [3.05, 3.63) is 57.6 Å². The molecule has 0 saturated carbocycles. The summed E-state index contributed by atoms with van der Waals surface area (Å²) in [7, 11) is 2.96. The molecule has 0 radical (unpaired) electrons. The van der Waals surface area contributed by atoms with Gasteiger partial charge in [-0.3, -0.25) is 4.79 Å². The number of ether oxygens (including phenoxy) is 2. The molecule has 0 aromatic heterocycles. The first-order chi connectivity index (χ1) is 9.60. The lowest BCUT2D eigenvalue weighted by Gasteiger charge is -2.13. The van der Waals surface area contributed by atoms with Crippen LogP contribution in [0.25, 0.3) is 0 Å². The van der Waals surface area contributed by atoms with Gasteiger partial charge in [0.1, 0.15) is 11.5 Å². The van der Waals surface area contributed by atoms with Crippen LogP contribution in [0, 0.1) is 0 Å². The summed E-state index contributed by atoms with van der Waals surface area (Å²) in [6.45, 7) is 0. The minimum atomic E-state index is -0.338. The highest BCUT2D eigenvalue weighted by Crippen LogP contribution is 2.34. The first-order valence-electron chi connectivity index (χ1n) is 5.79. The molecule has 0 heterocycles. The van der Waals surface area contributed by atoms with Crippen molar-refractivity contribution in [2.75, 3.05) is 14.2 Å². The van der Waals surface area contributed by atoms with E-state index in [1.807, 2.05) is 0 Å². The molecular weight excluding hydrogens is 299 g/mol. The van der Waals surface area contributed by atoms with Crippen molar-refractivity contribution in [3.8, 4) is 11.5 Å². The van der Waals surface area contributed by atoms with E-state index < -0.39 is 0 Å². The van der Waals surface area contributed by atoms with Crippen molar-refractivity contribution in [1.82, 2.24) is 0 Å². The third-order valence-corrected chi connectivity index (χ3v) is 3.47. The summed E-state index contributed by atoms with van der Waals surface area (Å²) < 4.78 is 10.4. The van der Waals surface area contributed by atoms with Crippen molar-refractivity contribution in [1.29, 1.82) is 0 Å². The van der Waals surface area contributed by atoms with Crippen molar-refractivity contribution in [2.24, 2.45) is 0 Å². The van der Waals surface area contributed by atoms with Gasteiger partial charge in [0.25, 0.3) is 0 Å². The Morgan fingerprint density at radius 3 is 1.60 bits per heavy atom. The average molecular weight is 311 g/mol. The Hall–Kier alpha value is -1.71. The van der Waals surface area contributed by atoms with E-state index in [4.69, 9.17) is 32.7 Å². The highest BCUT2D eigenvalue weighted by molar-refractivity contribution is 6.39. The van der Waals surface area contributed by atoms with Crippen molar-refractivity contribution >= 4 is 29.0 Å². The molecule has 2 aromatic rings. The summed E-state index contributed by atoms with van der Waals surface area (Å²) in [5.41, 5.74) is 0.533. The summed E-state index contributed by atoms with van der Waals surface area (Å²) >= 11 is 12.2. The van der Waals surface area contributed by atoms with Crippen LogP contribution in [0.5, 0.6) is 11.5 Å². The summed E-state index contributed by atoms with van der Waals surface area (Å²) in [4.78, 5) is 12.7. The lowest BCUT2D eigenvalue weighted by Crippen LogP contribution is -2.07. The normalized spacial score (nSPS) is 10.2. The third kappa shape index (κ3) is 2.60. The Labute approximate surface area is 127 Å². The standard InChI is InChI=1S/C15H12Cl2O3/c1-19-11-7-3-5-9(16)13(11)15(18)14-10(17)6-4-8-12(14)20-2/h3-8H,1-2H3. The molecule has 0 fully saturated rings. The van der Waals surface area contributed by atoms with Crippen LogP contribution in [0.4, 0.5) is 0 Å². The Morgan fingerprint density at radius 1 is 0.850 bits per heavy atom. The minimum Gasteiger partial charge on any atom is -0.496 e. The van der Waals surface area contributed by atoms with E-state index >= 15 is 0 Å². The molecular formula is C15H12Cl2O3. The number of ketones is 1. The molecule has 2 rings (SSSR count). The number of halogens is 2.